The number of benzene rings is 2. The van der Waals surface area contributed by atoms with E-state index in [4.69, 9.17) is 9.47 Å². The van der Waals surface area contributed by atoms with Crippen LogP contribution >= 0.6 is 79.1 Å². The number of hydrogen-bond acceptors (Lipinski definition) is 5. The molecule has 1 amide bonds. The molecule has 1 heterocycles. The van der Waals surface area contributed by atoms with Gasteiger partial charge in [-0.25, -0.2) is 4.79 Å². The number of carboxylic acids is 1. The molecule has 0 spiro atoms. The van der Waals surface area contributed by atoms with Crippen molar-refractivity contribution in [1.29, 1.82) is 0 Å². The number of hydrogen-bond donors (Lipinski definition) is 2. The molecule has 1 aromatic heterocycles. The molecule has 10 heteroatoms. The van der Waals surface area contributed by atoms with E-state index in [1.165, 1.54) is 11.3 Å². The molecule has 0 aliphatic heterocycles. The van der Waals surface area contributed by atoms with Crippen molar-refractivity contribution in [3.8, 4) is 21.9 Å². The molecular formula is C20H14I3NO5S. The Morgan fingerprint density at radius 2 is 1.80 bits per heavy atom. The second-order valence-electron chi connectivity index (χ2n) is 5.91. The molecule has 0 aliphatic carbocycles. The summed E-state index contributed by atoms with van der Waals surface area (Å²) in [5, 5.41) is 14.2. The van der Waals surface area contributed by atoms with E-state index >= 15 is 0 Å². The van der Waals surface area contributed by atoms with Gasteiger partial charge in [0.05, 0.1) is 37.5 Å². The second-order valence-corrected chi connectivity index (χ2v) is 10.1. The van der Waals surface area contributed by atoms with E-state index in [1.807, 2.05) is 6.07 Å². The van der Waals surface area contributed by atoms with Gasteiger partial charge >= 0.3 is 5.97 Å². The van der Waals surface area contributed by atoms with E-state index in [2.05, 4.69) is 73.1 Å². The molecule has 3 rings (SSSR count). The van der Waals surface area contributed by atoms with Crippen molar-refractivity contribution >= 4 is 96.7 Å². The number of carbonyl (C=O) groups is 2. The molecule has 0 saturated carbocycles. The zero-order valence-corrected chi connectivity index (χ0v) is 22.9. The van der Waals surface area contributed by atoms with E-state index in [0.29, 0.717) is 27.5 Å². The first-order valence-electron chi connectivity index (χ1n) is 8.30. The summed E-state index contributed by atoms with van der Waals surface area (Å²) < 4.78 is 13.0. The fourth-order valence-electron chi connectivity index (χ4n) is 2.76. The molecule has 30 heavy (non-hydrogen) atoms. The van der Waals surface area contributed by atoms with E-state index in [0.717, 1.165) is 10.7 Å². The number of thiophene rings is 1. The first-order chi connectivity index (χ1) is 14.3. The minimum atomic E-state index is -1.11. The largest absolute Gasteiger partial charge is 0.497 e. The molecule has 0 radical (unpaired) electrons. The number of carbonyl (C=O) groups excluding carboxylic acids is 1. The van der Waals surface area contributed by atoms with Crippen molar-refractivity contribution < 1.29 is 24.2 Å². The van der Waals surface area contributed by atoms with Crippen LogP contribution in [0.15, 0.2) is 35.7 Å². The molecule has 156 valence electrons. The van der Waals surface area contributed by atoms with Crippen LogP contribution in [0.3, 0.4) is 0 Å². The number of amides is 1. The number of ether oxygens (including phenoxy) is 2. The van der Waals surface area contributed by atoms with Gasteiger partial charge in [-0.05, 0) is 91.5 Å². The van der Waals surface area contributed by atoms with Crippen LogP contribution in [0.2, 0.25) is 0 Å². The van der Waals surface area contributed by atoms with Crippen LogP contribution < -0.4 is 14.8 Å². The molecule has 0 saturated heterocycles. The summed E-state index contributed by atoms with van der Waals surface area (Å²) in [5.41, 5.74) is 1.47. The van der Waals surface area contributed by atoms with Crippen molar-refractivity contribution in [2.24, 2.45) is 0 Å². The molecule has 0 fully saturated rings. The molecule has 2 aromatic carbocycles. The lowest BCUT2D eigenvalue weighted by molar-refractivity contribution is 0.0699. The highest BCUT2D eigenvalue weighted by atomic mass is 127. The maximum atomic E-state index is 13.0. The zero-order valence-electron chi connectivity index (χ0n) is 15.6. The lowest BCUT2D eigenvalue weighted by Gasteiger charge is -2.13. The van der Waals surface area contributed by atoms with Crippen LogP contribution in [0, 0.1) is 10.7 Å². The average Bonchev–Trinajstić information content (AvgIpc) is 3.14. The smallest absolute Gasteiger partial charge is 0.339 e. The van der Waals surface area contributed by atoms with Gasteiger partial charge in [0.25, 0.3) is 5.91 Å². The predicted molar refractivity (Wildman–Crippen MR) is 142 cm³/mol. The SMILES string of the molecule is COc1cccc(-c2scc(NC(=O)c3cc(I)c(OC)c(I)c3I)c2C(=O)O)c1. The van der Waals surface area contributed by atoms with Gasteiger partial charge < -0.3 is 19.9 Å². The van der Waals surface area contributed by atoms with E-state index in [9.17, 15) is 14.7 Å². The van der Waals surface area contributed by atoms with Crippen LogP contribution in [-0.2, 0) is 0 Å². The van der Waals surface area contributed by atoms with Crippen molar-refractivity contribution in [2.45, 2.75) is 0 Å². The van der Waals surface area contributed by atoms with E-state index in [-0.39, 0.29) is 17.2 Å². The highest BCUT2D eigenvalue weighted by molar-refractivity contribution is 14.1. The lowest BCUT2D eigenvalue weighted by Crippen LogP contribution is -2.16. The Hall–Kier alpha value is -1.13. The Balaban J connectivity index is 2.01. The molecule has 0 aliphatic rings. The normalized spacial score (nSPS) is 10.6. The topological polar surface area (TPSA) is 84.9 Å². The van der Waals surface area contributed by atoms with Crippen LogP contribution in [-0.4, -0.2) is 31.2 Å². The second kappa shape index (κ2) is 9.99. The van der Waals surface area contributed by atoms with Gasteiger partial charge in [-0.2, -0.15) is 0 Å². The number of aromatic carboxylic acids is 1. The van der Waals surface area contributed by atoms with Crippen molar-refractivity contribution in [3.05, 3.63) is 57.5 Å². The maximum Gasteiger partial charge on any atom is 0.339 e. The summed E-state index contributed by atoms with van der Waals surface area (Å²) in [6.45, 7) is 0. The fourth-order valence-corrected chi connectivity index (χ4v) is 6.51. The Bertz CT molecular complexity index is 1150. The zero-order chi connectivity index (χ0) is 22.0. The molecule has 3 aromatic rings. The van der Waals surface area contributed by atoms with Crippen molar-refractivity contribution in [1.82, 2.24) is 0 Å². The Labute approximate surface area is 217 Å². The number of nitrogens with one attached hydrogen (secondary N) is 1. The average molecular weight is 761 g/mol. The van der Waals surface area contributed by atoms with Gasteiger partial charge in [-0.15, -0.1) is 11.3 Å². The summed E-state index contributed by atoms with van der Waals surface area (Å²) in [5.74, 6) is -0.160. The van der Waals surface area contributed by atoms with Gasteiger partial charge in [-0.1, -0.05) is 12.1 Å². The molecule has 0 atom stereocenters. The molecule has 2 N–H and O–H groups in total. The highest BCUT2D eigenvalue weighted by Crippen LogP contribution is 2.38. The third-order valence-electron chi connectivity index (χ3n) is 4.15. The third kappa shape index (κ3) is 4.70. The first kappa shape index (κ1) is 23.5. The number of methoxy groups -OCH3 is 2. The summed E-state index contributed by atoms with van der Waals surface area (Å²) >= 11 is 7.59. The quantitative estimate of drug-likeness (QED) is 0.231. The number of anilines is 1. The Morgan fingerprint density at radius 1 is 1.07 bits per heavy atom. The van der Waals surface area contributed by atoms with Crippen molar-refractivity contribution in [3.63, 3.8) is 0 Å². The summed E-state index contributed by atoms with van der Waals surface area (Å²) in [4.78, 5) is 25.5. The number of carboxylic acid groups (broad SMARTS) is 1. The van der Waals surface area contributed by atoms with Gasteiger partial charge in [0.2, 0.25) is 0 Å². The third-order valence-corrected chi connectivity index (χ3v) is 9.16. The Kier molecular flexibility index (Phi) is 7.84. The van der Waals surface area contributed by atoms with Gasteiger partial charge in [-0.3, -0.25) is 4.79 Å². The van der Waals surface area contributed by atoms with Gasteiger partial charge in [0.1, 0.15) is 17.1 Å². The molecule has 0 bridgehead atoms. The van der Waals surface area contributed by atoms with E-state index < -0.39 is 5.97 Å². The van der Waals surface area contributed by atoms with Gasteiger partial charge in [0.15, 0.2) is 0 Å². The minimum Gasteiger partial charge on any atom is -0.497 e. The summed E-state index contributed by atoms with van der Waals surface area (Å²) in [6, 6.07) is 8.88. The van der Waals surface area contributed by atoms with Crippen LogP contribution in [0.1, 0.15) is 20.7 Å². The van der Waals surface area contributed by atoms with E-state index in [1.54, 1.807) is 43.9 Å². The fraction of sp³-hybridized carbons (Fsp3) is 0.100. The van der Waals surface area contributed by atoms with Crippen LogP contribution in [0.25, 0.3) is 10.4 Å². The van der Waals surface area contributed by atoms with Crippen molar-refractivity contribution in [2.75, 3.05) is 19.5 Å². The van der Waals surface area contributed by atoms with Gasteiger partial charge in [0, 0.05) is 8.95 Å². The van der Waals surface area contributed by atoms with Crippen LogP contribution in [0.4, 0.5) is 5.69 Å². The number of rotatable bonds is 6. The maximum absolute atomic E-state index is 13.0. The molecule has 0 unspecified atom stereocenters. The van der Waals surface area contributed by atoms with Crippen LogP contribution in [0.5, 0.6) is 11.5 Å². The monoisotopic (exact) mass is 761 g/mol. The molecule has 6 nitrogen and oxygen atoms in total. The molecular weight excluding hydrogens is 747 g/mol. The highest BCUT2D eigenvalue weighted by Gasteiger charge is 2.24. The predicted octanol–water partition coefficient (Wildman–Crippen LogP) is 6.20. The lowest BCUT2D eigenvalue weighted by atomic mass is 10.1. The number of halogens is 3. The minimum absolute atomic E-state index is 0.0505. The standard InChI is InChI=1S/C20H14I3NO5S/c1-28-10-5-3-4-9(6-10)18-14(20(26)27)13(8-30-18)24-19(25)11-7-12(21)17(29-2)16(23)15(11)22/h3-8H,1-2H3,(H,24,25)(H,26,27). The summed E-state index contributed by atoms with van der Waals surface area (Å²) in [7, 11) is 3.14. The Morgan fingerprint density at radius 3 is 2.43 bits per heavy atom. The summed E-state index contributed by atoms with van der Waals surface area (Å²) in [6.07, 6.45) is 0. The first-order valence-corrected chi connectivity index (χ1v) is 12.4.